The van der Waals surface area contributed by atoms with Crippen LogP contribution in [-0.2, 0) is 29.3 Å². The Labute approximate surface area is 138 Å². The highest BCUT2D eigenvalue weighted by Crippen LogP contribution is 2.37. The zero-order valence-electron chi connectivity index (χ0n) is 13.3. The van der Waals surface area contributed by atoms with Gasteiger partial charge in [0.1, 0.15) is 0 Å². The summed E-state index contributed by atoms with van der Waals surface area (Å²) in [7, 11) is -3.50. The highest BCUT2D eigenvalue weighted by Gasteiger charge is 2.36. The molecular formula is C19H21NO2S. The first kappa shape index (κ1) is 14.8. The summed E-state index contributed by atoms with van der Waals surface area (Å²) < 4.78 is 28.0. The van der Waals surface area contributed by atoms with Crippen LogP contribution in [0.3, 0.4) is 0 Å². The molecule has 0 spiro atoms. The third-order valence-electron chi connectivity index (χ3n) is 5.02. The number of para-hydroxylation sites is 1. The number of anilines is 1. The van der Waals surface area contributed by atoms with Crippen molar-refractivity contribution in [3.05, 3.63) is 59.2 Å². The van der Waals surface area contributed by atoms with Gasteiger partial charge in [-0.2, -0.15) is 0 Å². The lowest BCUT2D eigenvalue weighted by Gasteiger charge is -2.25. The van der Waals surface area contributed by atoms with Gasteiger partial charge in [0.2, 0.25) is 0 Å². The molecule has 0 aromatic heterocycles. The van der Waals surface area contributed by atoms with Crippen LogP contribution in [0.25, 0.3) is 0 Å². The van der Waals surface area contributed by atoms with Crippen LogP contribution < -0.4 is 4.31 Å². The Kier molecular flexibility index (Phi) is 3.45. The molecule has 2 aromatic rings. The average Bonchev–Trinajstić information content (AvgIpc) is 2.90. The fourth-order valence-electron chi connectivity index (χ4n) is 3.89. The predicted molar refractivity (Wildman–Crippen MR) is 92.4 cm³/mol. The SMILES string of the molecule is C[C@H]1Cc2ccccc2N1S(=O)(=O)c1ccc2c(c1)CCCC2. The molecule has 120 valence electrons. The van der Waals surface area contributed by atoms with Crippen LogP contribution in [0.4, 0.5) is 5.69 Å². The predicted octanol–water partition coefficient (Wildman–Crippen LogP) is 3.71. The van der Waals surface area contributed by atoms with Crippen LogP contribution in [0, 0.1) is 0 Å². The molecule has 4 heteroatoms. The lowest BCUT2D eigenvalue weighted by Crippen LogP contribution is -2.35. The summed E-state index contributed by atoms with van der Waals surface area (Å²) >= 11 is 0. The van der Waals surface area contributed by atoms with Gasteiger partial charge in [0.15, 0.2) is 0 Å². The quantitative estimate of drug-likeness (QED) is 0.843. The summed E-state index contributed by atoms with van der Waals surface area (Å²) in [5.41, 5.74) is 4.46. The number of benzene rings is 2. The standard InChI is InChI=1S/C19H21NO2S/c1-14-12-17-8-4-5-9-19(17)20(14)23(21,22)18-11-10-15-6-2-3-7-16(15)13-18/h4-5,8-11,13-14H,2-3,6-7,12H2,1H3/t14-/m0/s1. The van der Waals surface area contributed by atoms with Gasteiger partial charge in [0, 0.05) is 6.04 Å². The number of fused-ring (bicyclic) bond motifs is 2. The topological polar surface area (TPSA) is 37.4 Å². The molecule has 0 bridgehead atoms. The first-order valence-electron chi connectivity index (χ1n) is 8.31. The molecule has 1 atom stereocenters. The molecule has 0 amide bonds. The van der Waals surface area contributed by atoms with Crippen molar-refractivity contribution in [2.75, 3.05) is 4.31 Å². The molecule has 3 nitrogen and oxygen atoms in total. The monoisotopic (exact) mass is 327 g/mol. The van der Waals surface area contributed by atoms with Gasteiger partial charge in [-0.15, -0.1) is 0 Å². The number of aryl methyl sites for hydroxylation is 2. The normalized spacial score (nSPS) is 20.2. The molecule has 0 saturated carbocycles. The largest absolute Gasteiger partial charge is 0.264 e. The molecule has 0 saturated heterocycles. The lowest BCUT2D eigenvalue weighted by molar-refractivity contribution is 0.583. The average molecular weight is 327 g/mol. The first-order chi connectivity index (χ1) is 11.1. The first-order valence-corrected chi connectivity index (χ1v) is 9.75. The fraction of sp³-hybridized carbons (Fsp3) is 0.368. The fourth-order valence-corrected chi connectivity index (χ4v) is 5.63. The second kappa shape index (κ2) is 5.38. The number of sulfonamides is 1. The van der Waals surface area contributed by atoms with E-state index >= 15 is 0 Å². The van der Waals surface area contributed by atoms with Crippen molar-refractivity contribution in [2.24, 2.45) is 0 Å². The van der Waals surface area contributed by atoms with Crippen molar-refractivity contribution in [3.63, 3.8) is 0 Å². The van der Waals surface area contributed by atoms with E-state index < -0.39 is 10.0 Å². The molecule has 0 unspecified atom stereocenters. The summed E-state index contributed by atoms with van der Waals surface area (Å²) in [6.45, 7) is 1.98. The Balaban J connectivity index is 1.79. The van der Waals surface area contributed by atoms with Gasteiger partial charge in [-0.25, -0.2) is 8.42 Å². The number of nitrogens with zero attached hydrogens (tertiary/aromatic N) is 1. The highest BCUT2D eigenvalue weighted by molar-refractivity contribution is 7.92. The second-order valence-electron chi connectivity index (χ2n) is 6.62. The summed E-state index contributed by atoms with van der Waals surface area (Å²) in [4.78, 5) is 0.432. The molecule has 1 aliphatic carbocycles. The van der Waals surface area contributed by atoms with Crippen molar-refractivity contribution >= 4 is 15.7 Å². The van der Waals surface area contributed by atoms with E-state index in [1.807, 2.05) is 43.3 Å². The van der Waals surface area contributed by atoms with Gasteiger partial charge in [0.25, 0.3) is 10.0 Å². The van der Waals surface area contributed by atoms with E-state index in [1.165, 1.54) is 17.5 Å². The Bertz CT molecular complexity index is 857. The summed E-state index contributed by atoms with van der Waals surface area (Å²) in [5, 5.41) is 0. The van der Waals surface area contributed by atoms with Crippen molar-refractivity contribution < 1.29 is 8.42 Å². The van der Waals surface area contributed by atoms with Crippen LogP contribution in [0.1, 0.15) is 36.5 Å². The van der Waals surface area contributed by atoms with Gasteiger partial charge < -0.3 is 0 Å². The third kappa shape index (κ3) is 2.36. The zero-order chi connectivity index (χ0) is 16.0. The minimum Gasteiger partial charge on any atom is -0.263 e. The molecule has 1 aliphatic heterocycles. The second-order valence-corrected chi connectivity index (χ2v) is 8.44. The van der Waals surface area contributed by atoms with E-state index in [0.717, 1.165) is 36.9 Å². The minimum atomic E-state index is -3.50. The maximum Gasteiger partial charge on any atom is 0.264 e. The van der Waals surface area contributed by atoms with Crippen LogP contribution in [0.5, 0.6) is 0 Å². The number of hydrogen-bond acceptors (Lipinski definition) is 2. The van der Waals surface area contributed by atoms with Gasteiger partial charge >= 0.3 is 0 Å². The Hall–Kier alpha value is -1.81. The summed E-state index contributed by atoms with van der Waals surface area (Å²) in [5.74, 6) is 0. The molecule has 1 heterocycles. The van der Waals surface area contributed by atoms with Crippen molar-refractivity contribution in [1.29, 1.82) is 0 Å². The van der Waals surface area contributed by atoms with Gasteiger partial charge in [-0.1, -0.05) is 24.3 Å². The molecule has 0 fully saturated rings. The maximum absolute atomic E-state index is 13.2. The van der Waals surface area contributed by atoms with E-state index in [2.05, 4.69) is 0 Å². The Morgan fingerprint density at radius 2 is 1.70 bits per heavy atom. The van der Waals surface area contributed by atoms with Crippen LogP contribution in [0.15, 0.2) is 47.4 Å². The van der Waals surface area contributed by atoms with E-state index in [9.17, 15) is 8.42 Å². The highest BCUT2D eigenvalue weighted by atomic mass is 32.2. The smallest absolute Gasteiger partial charge is 0.263 e. The summed E-state index contributed by atoms with van der Waals surface area (Å²) in [6.07, 6.45) is 5.19. The zero-order valence-corrected chi connectivity index (χ0v) is 14.1. The summed E-state index contributed by atoms with van der Waals surface area (Å²) in [6, 6.07) is 13.5. The number of rotatable bonds is 2. The van der Waals surface area contributed by atoms with Crippen LogP contribution >= 0.6 is 0 Å². The molecule has 0 radical (unpaired) electrons. The number of hydrogen-bond donors (Lipinski definition) is 0. The maximum atomic E-state index is 13.2. The van der Waals surface area contributed by atoms with Gasteiger partial charge in [-0.05, 0) is 73.9 Å². The lowest BCUT2D eigenvalue weighted by atomic mass is 9.92. The van der Waals surface area contributed by atoms with Gasteiger partial charge in [0.05, 0.1) is 10.6 Å². The van der Waals surface area contributed by atoms with Crippen molar-refractivity contribution in [2.45, 2.75) is 50.0 Å². The molecule has 0 N–H and O–H groups in total. The Morgan fingerprint density at radius 3 is 2.52 bits per heavy atom. The van der Waals surface area contributed by atoms with Gasteiger partial charge in [-0.3, -0.25) is 4.31 Å². The van der Waals surface area contributed by atoms with Crippen molar-refractivity contribution in [3.8, 4) is 0 Å². The van der Waals surface area contributed by atoms with E-state index in [1.54, 1.807) is 10.4 Å². The van der Waals surface area contributed by atoms with Crippen LogP contribution in [0.2, 0.25) is 0 Å². The van der Waals surface area contributed by atoms with E-state index in [4.69, 9.17) is 0 Å². The molecule has 2 aromatic carbocycles. The molecular weight excluding hydrogens is 306 g/mol. The third-order valence-corrected chi connectivity index (χ3v) is 6.95. The van der Waals surface area contributed by atoms with E-state index in [-0.39, 0.29) is 6.04 Å². The van der Waals surface area contributed by atoms with Crippen LogP contribution in [-0.4, -0.2) is 14.5 Å². The minimum absolute atomic E-state index is 0.0339. The van der Waals surface area contributed by atoms with Crippen molar-refractivity contribution in [1.82, 2.24) is 0 Å². The molecule has 23 heavy (non-hydrogen) atoms. The molecule has 2 aliphatic rings. The molecule has 4 rings (SSSR count). The Morgan fingerprint density at radius 1 is 0.957 bits per heavy atom. The van der Waals surface area contributed by atoms with E-state index in [0.29, 0.717) is 4.90 Å².